The summed E-state index contributed by atoms with van der Waals surface area (Å²) in [6, 6.07) is 0. The van der Waals surface area contributed by atoms with Gasteiger partial charge in [-0.2, -0.15) is 0 Å². The number of fused-ring (bicyclic) bond motifs is 1. The molecular formula is C23H28N6O5. The van der Waals surface area contributed by atoms with Crippen molar-refractivity contribution in [2.24, 2.45) is 11.8 Å². The van der Waals surface area contributed by atoms with Gasteiger partial charge in [-0.05, 0) is 44.4 Å². The smallest absolute Gasteiger partial charge is 0.308 e. The number of aliphatic hydroxyl groups excluding tert-OH is 1. The SMILES string of the molecule is CCNC(=O)C1=C(O)C[C@H](n2cnc3c(N)nc(C#CCC4CCC(C(=O)OC)CC4)nc32)O1. The van der Waals surface area contributed by atoms with Crippen molar-refractivity contribution in [3.8, 4) is 11.8 Å². The van der Waals surface area contributed by atoms with Crippen LogP contribution < -0.4 is 11.1 Å². The fraction of sp³-hybridized carbons (Fsp3) is 0.522. The molecule has 3 heterocycles. The Balaban J connectivity index is 1.46. The topological polar surface area (TPSA) is 154 Å². The number of rotatable bonds is 5. The van der Waals surface area contributed by atoms with Gasteiger partial charge >= 0.3 is 5.97 Å². The summed E-state index contributed by atoms with van der Waals surface area (Å²) in [6.07, 6.45) is 5.04. The Bertz CT molecular complexity index is 1190. The molecule has 0 spiro atoms. The van der Waals surface area contributed by atoms with Crippen molar-refractivity contribution in [3.05, 3.63) is 23.7 Å². The number of amides is 1. The third kappa shape index (κ3) is 4.76. The Kier molecular flexibility index (Phi) is 6.86. The molecule has 1 amide bonds. The maximum absolute atomic E-state index is 12.1. The van der Waals surface area contributed by atoms with E-state index < -0.39 is 12.1 Å². The van der Waals surface area contributed by atoms with Gasteiger partial charge in [0.15, 0.2) is 17.7 Å². The number of carbonyl (C=O) groups is 2. The number of imidazole rings is 1. The molecule has 2 aliphatic rings. The molecule has 4 N–H and O–H groups in total. The van der Waals surface area contributed by atoms with Crippen LogP contribution in [-0.4, -0.2) is 50.2 Å². The third-order valence-corrected chi connectivity index (χ3v) is 6.16. The number of nitrogens with zero attached hydrogens (tertiary/aromatic N) is 4. The van der Waals surface area contributed by atoms with E-state index in [2.05, 4.69) is 32.1 Å². The lowest BCUT2D eigenvalue weighted by atomic mass is 9.81. The largest absolute Gasteiger partial charge is 0.508 e. The molecular weight excluding hydrogens is 440 g/mol. The second-order valence-corrected chi connectivity index (χ2v) is 8.42. The second kappa shape index (κ2) is 9.99. The standard InChI is InChI=1S/C23H28N6O5/c1-3-25-22(31)19-15(30)11-17(34-19)29-12-26-18-20(24)27-16(28-21(18)29)6-4-5-13-7-9-14(10-8-13)23(32)33-2/h12-14,17,30H,3,5,7-11H2,1-2H3,(H,25,31)(H2,24,27,28)/t13?,14?,17-/m1/s1. The molecule has 11 nitrogen and oxygen atoms in total. The van der Waals surface area contributed by atoms with Crippen molar-refractivity contribution in [1.82, 2.24) is 24.8 Å². The average Bonchev–Trinajstić information content (AvgIpc) is 3.43. The van der Waals surface area contributed by atoms with Gasteiger partial charge in [0.2, 0.25) is 11.6 Å². The molecule has 1 atom stereocenters. The van der Waals surface area contributed by atoms with Gasteiger partial charge < -0.3 is 25.6 Å². The van der Waals surface area contributed by atoms with Crippen LogP contribution >= 0.6 is 0 Å². The van der Waals surface area contributed by atoms with Crippen molar-refractivity contribution in [3.63, 3.8) is 0 Å². The molecule has 4 rings (SSSR count). The van der Waals surface area contributed by atoms with E-state index in [1.165, 1.54) is 13.4 Å². The zero-order chi connectivity index (χ0) is 24.2. The number of likely N-dealkylation sites (N-methyl/N-ethyl adjacent to an activating group) is 1. The predicted octanol–water partition coefficient (Wildman–Crippen LogP) is 1.95. The molecule has 1 aliphatic carbocycles. The molecule has 1 fully saturated rings. The first-order chi connectivity index (χ1) is 16.4. The minimum atomic E-state index is -0.692. The van der Waals surface area contributed by atoms with Crippen LogP contribution in [0.25, 0.3) is 11.2 Å². The quantitative estimate of drug-likeness (QED) is 0.441. The number of nitrogen functional groups attached to an aromatic ring is 1. The van der Waals surface area contributed by atoms with Crippen molar-refractivity contribution < 1.29 is 24.2 Å². The van der Waals surface area contributed by atoms with Crippen molar-refractivity contribution >= 4 is 28.9 Å². The molecule has 0 bridgehead atoms. The van der Waals surface area contributed by atoms with Crippen molar-refractivity contribution in [1.29, 1.82) is 0 Å². The lowest BCUT2D eigenvalue weighted by Gasteiger charge is -2.25. The predicted molar refractivity (Wildman–Crippen MR) is 122 cm³/mol. The van der Waals surface area contributed by atoms with Gasteiger partial charge in [0, 0.05) is 13.0 Å². The summed E-state index contributed by atoms with van der Waals surface area (Å²) in [5.74, 6) is 6.10. The number of hydrogen-bond acceptors (Lipinski definition) is 9. The van der Waals surface area contributed by atoms with E-state index in [0.717, 1.165) is 25.7 Å². The van der Waals surface area contributed by atoms with Gasteiger partial charge in [0.05, 0.1) is 19.4 Å². The highest BCUT2D eigenvalue weighted by Crippen LogP contribution is 2.33. The maximum atomic E-state index is 12.1. The Labute approximate surface area is 196 Å². The summed E-state index contributed by atoms with van der Waals surface area (Å²) in [5.41, 5.74) is 6.88. The number of ether oxygens (including phenoxy) is 2. The van der Waals surface area contributed by atoms with Crippen molar-refractivity contribution in [2.75, 3.05) is 19.4 Å². The van der Waals surface area contributed by atoms with Crippen LogP contribution in [0.2, 0.25) is 0 Å². The summed E-state index contributed by atoms with van der Waals surface area (Å²) in [5, 5.41) is 12.8. The molecule has 180 valence electrons. The van der Waals surface area contributed by atoms with Crippen molar-refractivity contribution in [2.45, 2.75) is 51.7 Å². The number of nitrogens with one attached hydrogen (secondary N) is 1. The summed E-state index contributed by atoms with van der Waals surface area (Å²) < 4.78 is 12.1. The van der Waals surface area contributed by atoms with Crippen LogP contribution in [0.15, 0.2) is 17.8 Å². The number of aliphatic hydroxyl groups is 1. The van der Waals surface area contributed by atoms with Gasteiger partial charge in [-0.25, -0.2) is 15.0 Å². The lowest BCUT2D eigenvalue weighted by molar-refractivity contribution is -0.146. The summed E-state index contributed by atoms with van der Waals surface area (Å²) >= 11 is 0. The van der Waals surface area contributed by atoms with Gasteiger partial charge in [0.1, 0.15) is 17.6 Å². The van der Waals surface area contributed by atoms with Crippen LogP contribution in [0.4, 0.5) is 5.82 Å². The molecule has 2 aromatic heterocycles. The first-order valence-electron chi connectivity index (χ1n) is 11.3. The Morgan fingerprint density at radius 2 is 2.09 bits per heavy atom. The molecule has 0 unspecified atom stereocenters. The van der Waals surface area contributed by atoms with E-state index in [4.69, 9.17) is 15.2 Å². The second-order valence-electron chi connectivity index (χ2n) is 8.42. The van der Waals surface area contributed by atoms with Gasteiger partial charge in [-0.3, -0.25) is 14.2 Å². The van der Waals surface area contributed by atoms with Gasteiger partial charge in [-0.1, -0.05) is 5.92 Å². The number of anilines is 1. The molecule has 0 saturated heterocycles. The number of aromatic nitrogens is 4. The zero-order valence-electron chi connectivity index (χ0n) is 19.2. The molecule has 2 aromatic rings. The highest BCUT2D eigenvalue weighted by Gasteiger charge is 2.32. The number of carbonyl (C=O) groups excluding carboxylic acids is 2. The number of methoxy groups -OCH3 is 1. The molecule has 0 radical (unpaired) electrons. The highest BCUT2D eigenvalue weighted by atomic mass is 16.5. The molecule has 34 heavy (non-hydrogen) atoms. The van der Waals surface area contributed by atoms with Crippen LogP contribution in [0.5, 0.6) is 0 Å². The van der Waals surface area contributed by atoms with Crippen LogP contribution in [-0.2, 0) is 19.1 Å². The van der Waals surface area contributed by atoms with E-state index >= 15 is 0 Å². The zero-order valence-corrected chi connectivity index (χ0v) is 19.2. The first-order valence-corrected chi connectivity index (χ1v) is 11.3. The first kappa shape index (κ1) is 23.4. The molecule has 1 aliphatic heterocycles. The minimum Gasteiger partial charge on any atom is -0.508 e. The van der Waals surface area contributed by atoms with E-state index in [0.29, 0.717) is 30.0 Å². The molecule has 1 saturated carbocycles. The summed E-state index contributed by atoms with van der Waals surface area (Å²) in [4.78, 5) is 36.8. The number of esters is 1. The minimum absolute atomic E-state index is 0.0136. The number of hydrogen-bond donors (Lipinski definition) is 3. The average molecular weight is 469 g/mol. The summed E-state index contributed by atoms with van der Waals surface area (Å²) in [6.45, 7) is 2.19. The maximum Gasteiger partial charge on any atom is 0.308 e. The normalized spacial score (nSPS) is 22.1. The third-order valence-electron chi connectivity index (χ3n) is 6.16. The van der Waals surface area contributed by atoms with Gasteiger partial charge in [-0.15, -0.1) is 0 Å². The monoisotopic (exact) mass is 468 g/mol. The van der Waals surface area contributed by atoms with Crippen LogP contribution in [0.3, 0.4) is 0 Å². The fourth-order valence-electron chi connectivity index (χ4n) is 4.33. The molecule has 11 heteroatoms. The van der Waals surface area contributed by atoms with Gasteiger partial charge in [0.25, 0.3) is 5.91 Å². The fourth-order valence-corrected chi connectivity index (χ4v) is 4.33. The number of nitrogens with two attached hydrogens (primary N) is 1. The van der Waals surface area contributed by atoms with E-state index in [1.807, 2.05) is 0 Å². The summed E-state index contributed by atoms with van der Waals surface area (Å²) in [7, 11) is 1.43. The Morgan fingerprint density at radius 1 is 1.32 bits per heavy atom. The molecule has 0 aromatic carbocycles. The highest BCUT2D eigenvalue weighted by molar-refractivity contribution is 5.92. The lowest BCUT2D eigenvalue weighted by Crippen LogP contribution is -2.25. The Morgan fingerprint density at radius 3 is 2.79 bits per heavy atom. The van der Waals surface area contributed by atoms with E-state index in [-0.39, 0.29) is 41.5 Å². The van der Waals surface area contributed by atoms with E-state index in [9.17, 15) is 14.7 Å². The Hall–Kier alpha value is -3.81. The van der Waals surface area contributed by atoms with Crippen LogP contribution in [0.1, 0.15) is 57.5 Å². The van der Waals surface area contributed by atoms with E-state index in [1.54, 1.807) is 11.5 Å². The van der Waals surface area contributed by atoms with Crippen LogP contribution in [0, 0.1) is 23.7 Å².